The number of allylic oxidation sites excluding steroid dienone is 3. The second-order valence-corrected chi connectivity index (χ2v) is 17.3. The average Bonchev–Trinajstić information content (AvgIpc) is 3.49. The van der Waals surface area contributed by atoms with Crippen LogP contribution in [0.5, 0.6) is 0 Å². The minimum atomic E-state index is -1.05. The van der Waals surface area contributed by atoms with Crippen molar-refractivity contribution in [1.82, 2.24) is 0 Å². The Morgan fingerprint density at radius 1 is 1.06 bits per heavy atom. The summed E-state index contributed by atoms with van der Waals surface area (Å²) in [7, 11) is 3.05. The minimum Gasteiger partial charge on any atom is -0.469 e. The van der Waals surface area contributed by atoms with E-state index in [1.165, 1.54) is 18.2 Å². The molecule has 0 spiro atoms. The normalized spacial score (nSPS) is 49.9. The van der Waals surface area contributed by atoms with E-state index in [0.717, 1.165) is 32.1 Å². The summed E-state index contributed by atoms with van der Waals surface area (Å²) in [5.74, 6) is -1.03. The zero-order valence-corrected chi connectivity index (χ0v) is 29.0. The number of methoxy groups -OCH3 is 2. The van der Waals surface area contributed by atoms with Crippen molar-refractivity contribution < 1.29 is 33.6 Å². The van der Waals surface area contributed by atoms with Crippen molar-refractivity contribution in [2.75, 3.05) is 27.4 Å². The molecule has 0 radical (unpaired) electrons. The van der Waals surface area contributed by atoms with Gasteiger partial charge in [0.05, 0.1) is 37.9 Å². The van der Waals surface area contributed by atoms with Gasteiger partial charge in [0.1, 0.15) is 5.78 Å². The summed E-state index contributed by atoms with van der Waals surface area (Å²) in [5, 5.41) is 10.8. The zero-order valence-electron chi connectivity index (χ0n) is 29.0. The van der Waals surface area contributed by atoms with Crippen molar-refractivity contribution in [3.63, 3.8) is 0 Å². The molecule has 1 aromatic carbocycles. The molecule has 5 aliphatic carbocycles. The van der Waals surface area contributed by atoms with Gasteiger partial charge in [0, 0.05) is 37.2 Å². The quantitative estimate of drug-likeness (QED) is 0.271. The average molecular weight is 645 g/mol. The van der Waals surface area contributed by atoms with Crippen LogP contribution in [0.25, 0.3) is 0 Å². The van der Waals surface area contributed by atoms with Crippen molar-refractivity contribution in [3.8, 4) is 0 Å². The number of benzene rings is 1. The van der Waals surface area contributed by atoms with Gasteiger partial charge >= 0.3 is 5.97 Å². The zero-order chi connectivity index (χ0) is 33.3. The summed E-state index contributed by atoms with van der Waals surface area (Å²) in [6.45, 7) is 9.62. The number of ketones is 1. The minimum absolute atomic E-state index is 0.0144. The largest absolute Gasteiger partial charge is 0.469 e. The van der Waals surface area contributed by atoms with Gasteiger partial charge in [-0.05, 0) is 78.6 Å². The van der Waals surface area contributed by atoms with Gasteiger partial charge in [0.25, 0.3) is 0 Å². The standard InChI is InChI=1S/C40H52O7/c1-34(43)21-40(45-6,47-23-34)20-27(33(42)44-5)28-13-17-39-22-38(28,39)16-14-30-35(2)15-12-26-18-29(25-10-8-7-9-11-25)46-24-36(26,3)31(35)19-32(41)37(30,39)4/h7-12,14,16,27-31,43H,13,15,17-24H2,1-6H3/t27-,28-,29-,30+,31+,34-,35+,36-,37-,38+,39+,40-/m0/s1. The van der Waals surface area contributed by atoms with Crippen molar-refractivity contribution in [3.05, 3.63) is 59.7 Å². The van der Waals surface area contributed by atoms with Gasteiger partial charge in [-0.15, -0.1) is 0 Å². The van der Waals surface area contributed by atoms with Gasteiger partial charge in [0.15, 0.2) is 5.79 Å². The molecule has 5 fully saturated rings. The number of aliphatic hydroxyl groups is 1. The number of hydrogen-bond acceptors (Lipinski definition) is 7. The van der Waals surface area contributed by atoms with Crippen LogP contribution in [0.3, 0.4) is 0 Å². The second kappa shape index (κ2) is 10.1. The number of carbonyl (C=O) groups excluding carboxylic acids is 2. The lowest BCUT2D eigenvalue weighted by Gasteiger charge is -2.64. The number of fused-ring (bicyclic) bond motifs is 5. The van der Waals surface area contributed by atoms with Gasteiger partial charge in [-0.2, -0.15) is 0 Å². The fourth-order valence-corrected chi connectivity index (χ4v) is 12.8. The van der Waals surface area contributed by atoms with Crippen LogP contribution in [0.2, 0.25) is 0 Å². The monoisotopic (exact) mass is 644 g/mol. The highest BCUT2D eigenvalue weighted by Crippen LogP contribution is 2.88. The first kappa shape index (κ1) is 31.9. The predicted octanol–water partition coefficient (Wildman–Crippen LogP) is 6.75. The van der Waals surface area contributed by atoms with Gasteiger partial charge < -0.3 is 24.1 Å². The van der Waals surface area contributed by atoms with Crippen LogP contribution in [-0.2, 0) is 28.5 Å². The van der Waals surface area contributed by atoms with E-state index < -0.39 is 22.7 Å². The molecule has 254 valence electrons. The third kappa shape index (κ3) is 4.06. The smallest absolute Gasteiger partial charge is 0.309 e. The van der Waals surface area contributed by atoms with E-state index in [0.29, 0.717) is 31.7 Å². The number of ether oxygens (including phenoxy) is 4. The number of hydrogen-bond donors (Lipinski definition) is 1. The molecule has 0 bridgehead atoms. The summed E-state index contributed by atoms with van der Waals surface area (Å²) in [6, 6.07) is 10.5. The van der Waals surface area contributed by atoms with Crippen LogP contribution < -0.4 is 0 Å². The maximum absolute atomic E-state index is 14.9. The van der Waals surface area contributed by atoms with Crippen LogP contribution in [0.1, 0.15) is 90.7 Å². The van der Waals surface area contributed by atoms with Gasteiger partial charge in [-0.3, -0.25) is 9.59 Å². The molecule has 12 atom stereocenters. The van der Waals surface area contributed by atoms with Crippen LogP contribution in [-0.4, -0.2) is 55.7 Å². The van der Waals surface area contributed by atoms with Crippen LogP contribution in [0.15, 0.2) is 54.1 Å². The number of rotatable bonds is 6. The topological polar surface area (TPSA) is 91.3 Å². The van der Waals surface area contributed by atoms with Gasteiger partial charge in [-0.1, -0.05) is 74.9 Å². The van der Waals surface area contributed by atoms with E-state index >= 15 is 0 Å². The number of carbonyl (C=O) groups is 2. The number of esters is 1. The lowest BCUT2D eigenvalue weighted by molar-refractivity contribution is -0.211. The van der Waals surface area contributed by atoms with E-state index in [2.05, 4.69) is 63.3 Å². The Morgan fingerprint density at radius 3 is 2.51 bits per heavy atom. The SMILES string of the molecule is COC(=O)[C@@H](C[C@@]1(OC)C[C@](C)(O)CO1)[C@@H]1CC[C@]23C[C@]12C=C[C@@H]1[C@@]2(C)CC=C4C[C@@H](c5ccccc5)OC[C@]4(C)[C@@H]2CC(=O)[C@]13C. The Hall–Kier alpha value is -2.32. The molecule has 2 heterocycles. The Labute approximate surface area is 279 Å². The lowest BCUT2D eigenvalue weighted by atomic mass is 9.39. The van der Waals surface area contributed by atoms with Crippen LogP contribution in [0, 0.1) is 50.7 Å². The van der Waals surface area contributed by atoms with Crippen LogP contribution in [0.4, 0.5) is 0 Å². The third-order valence-electron chi connectivity index (χ3n) is 15.2. The van der Waals surface area contributed by atoms with Crippen molar-refractivity contribution in [2.24, 2.45) is 50.7 Å². The van der Waals surface area contributed by atoms with Crippen LogP contribution >= 0.6 is 0 Å². The molecule has 0 amide bonds. The lowest BCUT2D eigenvalue weighted by Crippen LogP contribution is -2.63. The summed E-state index contributed by atoms with van der Waals surface area (Å²) in [6.07, 6.45) is 13.2. The van der Waals surface area contributed by atoms with Crippen molar-refractivity contribution >= 4 is 11.8 Å². The highest BCUT2D eigenvalue weighted by Gasteiger charge is 2.85. The molecule has 7 heteroatoms. The van der Waals surface area contributed by atoms with Crippen molar-refractivity contribution in [2.45, 2.75) is 96.6 Å². The van der Waals surface area contributed by atoms with E-state index in [4.69, 9.17) is 18.9 Å². The van der Waals surface area contributed by atoms with Crippen molar-refractivity contribution in [1.29, 1.82) is 0 Å². The molecule has 7 nitrogen and oxygen atoms in total. The van der Waals surface area contributed by atoms with E-state index in [-0.39, 0.29) is 58.1 Å². The molecule has 2 saturated heterocycles. The summed E-state index contributed by atoms with van der Waals surface area (Å²) in [5.41, 5.74) is 0.500. The Balaban J connectivity index is 1.12. The Morgan fingerprint density at radius 2 is 1.83 bits per heavy atom. The maximum Gasteiger partial charge on any atom is 0.309 e. The van der Waals surface area contributed by atoms with Gasteiger partial charge in [-0.25, -0.2) is 0 Å². The second-order valence-electron chi connectivity index (χ2n) is 17.3. The molecular weight excluding hydrogens is 592 g/mol. The first-order valence-electron chi connectivity index (χ1n) is 17.8. The molecule has 2 aliphatic heterocycles. The molecule has 8 rings (SSSR count). The Kier molecular flexibility index (Phi) is 6.87. The number of Topliss-reactive ketones (excluding diaryl/α,β-unsaturated/α-hetero) is 1. The molecule has 3 saturated carbocycles. The third-order valence-corrected chi connectivity index (χ3v) is 15.2. The molecule has 47 heavy (non-hydrogen) atoms. The first-order chi connectivity index (χ1) is 22.2. The Bertz CT molecular complexity index is 1550. The fraction of sp³-hybridized carbons (Fsp3) is 0.700. The first-order valence-corrected chi connectivity index (χ1v) is 17.8. The molecule has 1 N–H and O–H groups in total. The molecule has 0 unspecified atom stereocenters. The molecule has 0 aromatic heterocycles. The van der Waals surface area contributed by atoms with Gasteiger partial charge in [0.2, 0.25) is 0 Å². The summed E-state index contributed by atoms with van der Waals surface area (Å²) < 4.78 is 24.0. The molecule has 1 aromatic rings. The molecular formula is C40H52O7. The highest BCUT2D eigenvalue weighted by atomic mass is 16.7. The van der Waals surface area contributed by atoms with E-state index in [9.17, 15) is 14.7 Å². The van der Waals surface area contributed by atoms with E-state index in [1.54, 1.807) is 14.0 Å². The highest BCUT2D eigenvalue weighted by molar-refractivity contribution is 5.89. The molecule has 7 aliphatic rings. The predicted molar refractivity (Wildman–Crippen MR) is 176 cm³/mol. The fourth-order valence-electron chi connectivity index (χ4n) is 12.8. The maximum atomic E-state index is 14.9. The summed E-state index contributed by atoms with van der Waals surface area (Å²) >= 11 is 0. The summed E-state index contributed by atoms with van der Waals surface area (Å²) in [4.78, 5) is 28.5. The van der Waals surface area contributed by atoms with E-state index in [1.807, 2.05) is 6.07 Å².